The van der Waals surface area contributed by atoms with Crippen LogP contribution in [-0.4, -0.2) is 42.8 Å². The van der Waals surface area contributed by atoms with Gasteiger partial charge in [0.25, 0.3) is 0 Å². The smallest absolute Gasteiger partial charge is 0.330 e. The third-order valence-corrected chi connectivity index (χ3v) is 5.01. The van der Waals surface area contributed by atoms with Crippen molar-refractivity contribution in [3.8, 4) is 0 Å². The first-order chi connectivity index (χ1) is 12.2. The van der Waals surface area contributed by atoms with Crippen LogP contribution >= 0.6 is 0 Å². The Morgan fingerprint density at radius 2 is 1.96 bits per heavy atom. The molecule has 0 fully saturated rings. The van der Waals surface area contributed by atoms with Gasteiger partial charge in [-0.05, 0) is 39.0 Å². The fourth-order valence-corrected chi connectivity index (χ4v) is 3.23. The summed E-state index contributed by atoms with van der Waals surface area (Å²) in [5.41, 5.74) is -0.854. The number of esters is 1. The highest BCUT2D eigenvalue weighted by Gasteiger charge is 2.35. The first-order valence-corrected chi connectivity index (χ1v) is 9.45. The molecular formula is C21H34O5. The van der Waals surface area contributed by atoms with E-state index >= 15 is 0 Å². The van der Waals surface area contributed by atoms with Crippen molar-refractivity contribution < 1.29 is 24.2 Å². The van der Waals surface area contributed by atoms with E-state index in [0.717, 1.165) is 19.3 Å². The largest absolute Gasteiger partial charge is 0.456 e. The summed E-state index contributed by atoms with van der Waals surface area (Å²) in [6.45, 7) is 7.58. The van der Waals surface area contributed by atoms with Gasteiger partial charge in [0.05, 0.1) is 12.7 Å². The molecule has 0 saturated carbocycles. The van der Waals surface area contributed by atoms with Crippen LogP contribution in [0.1, 0.15) is 53.4 Å². The van der Waals surface area contributed by atoms with Gasteiger partial charge in [0.1, 0.15) is 11.9 Å². The van der Waals surface area contributed by atoms with Gasteiger partial charge in [-0.2, -0.15) is 0 Å². The molecule has 0 radical (unpaired) electrons. The number of ketones is 1. The summed E-state index contributed by atoms with van der Waals surface area (Å²) >= 11 is 0. The highest BCUT2D eigenvalue weighted by molar-refractivity contribution is 5.90. The number of hydrogen-bond donors (Lipinski definition) is 1. The fourth-order valence-electron chi connectivity index (χ4n) is 3.23. The molecule has 0 spiro atoms. The molecular weight excluding hydrogens is 332 g/mol. The number of allylic oxidation sites excluding steroid dienone is 2. The molecule has 5 heteroatoms. The number of carbonyl (C=O) groups is 2. The van der Waals surface area contributed by atoms with Gasteiger partial charge in [-0.25, -0.2) is 4.79 Å². The first-order valence-electron chi connectivity index (χ1n) is 9.45. The molecule has 26 heavy (non-hydrogen) atoms. The maximum atomic E-state index is 12.8. The normalized spacial score (nSPS) is 34.1. The Kier molecular flexibility index (Phi) is 9.23. The SMILES string of the molecule is COCC1C/C=C/CCCC(C)C(O)C(C)C(=O)C(C)(C)/C=C/C(=O)O1. The minimum absolute atomic E-state index is 0.0428. The van der Waals surface area contributed by atoms with E-state index in [1.165, 1.54) is 6.08 Å². The molecule has 0 saturated heterocycles. The van der Waals surface area contributed by atoms with Gasteiger partial charge in [0.2, 0.25) is 0 Å². The second-order valence-corrected chi connectivity index (χ2v) is 7.83. The fraction of sp³-hybridized carbons (Fsp3) is 0.714. The van der Waals surface area contributed by atoms with Gasteiger partial charge in [-0.1, -0.05) is 32.1 Å². The highest BCUT2D eigenvalue weighted by Crippen LogP contribution is 2.28. The van der Waals surface area contributed by atoms with Crippen LogP contribution in [0.25, 0.3) is 0 Å². The Labute approximate surface area is 157 Å². The lowest BCUT2D eigenvalue weighted by Crippen LogP contribution is -2.38. The molecule has 0 bridgehead atoms. The van der Waals surface area contributed by atoms with Gasteiger partial charge in [-0.15, -0.1) is 0 Å². The number of rotatable bonds is 2. The maximum absolute atomic E-state index is 12.8. The number of aliphatic hydroxyl groups is 1. The standard InChI is InChI=1S/C21H34O5/c1-15-10-8-6-7-9-11-17(14-25-5)26-18(22)12-13-21(3,4)20(24)16(2)19(15)23/h7,9,12-13,15-17,19,23H,6,8,10-11,14H2,1-5H3/b9-7+,13-12+. The van der Waals surface area contributed by atoms with Gasteiger partial charge in [0.15, 0.2) is 0 Å². The maximum Gasteiger partial charge on any atom is 0.330 e. The molecule has 4 unspecified atom stereocenters. The number of aliphatic hydroxyl groups excluding tert-OH is 1. The predicted octanol–water partition coefficient (Wildman–Crippen LogP) is 3.46. The van der Waals surface area contributed by atoms with E-state index in [4.69, 9.17) is 9.47 Å². The molecule has 1 aliphatic rings. The minimum Gasteiger partial charge on any atom is -0.456 e. The van der Waals surface area contributed by atoms with Crippen molar-refractivity contribution in [2.45, 2.75) is 65.6 Å². The van der Waals surface area contributed by atoms with E-state index in [2.05, 4.69) is 6.08 Å². The lowest BCUT2D eigenvalue weighted by molar-refractivity contribution is -0.145. The molecule has 1 rings (SSSR count). The molecule has 0 amide bonds. The first kappa shape index (κ1) is 22.6. The molecule has 1 heterocycles. The van der Waals surface area contributed by atoms with E-state index in [-0.39, 0.29) is 17.8 Å². The zero-order chi connectivity index (χ0) is 19.7. The molecule has 0 aliphatic carbocycles. The van der Waals surface area contributed by atoms with E-state index < -0.39 is 23.4 Å². The van der Waals surface area contributed by atoms with Gasteiger partial charge >= 0.3 is 5.97 Å². The van der Waals surface area contributed by atoms with Crippen molar-refractivity contribution in [2.24, 2.45) is 17.3 Å². The van der Waals surface area contributed by atoms with Crippen molar-refractivity contribution in [1.82, 2.24) is 0 Å². The topological polar surface area (TPSA) is 72.8 Å². The Morgan fingerprint density at radius 3 is 2.62 bits per heavy atom. The second kappa shape index (κ2) is 10.6. The Balaban J connectivity index is 3.00. The average molecular weight is 366 g/mol. The molecule has 0 aromatic heterocycles. The summed E-state index contributed by atoms with van der Waals surface area (Å²) in [5, 5.41) is 10.5. The van der Waals surface area contributed by atoms with Crippen molar-refractivity contribution >= 4 is 11.8 Å². The minimum atomic E-state index is -0.854. The summed E-state index contributed by atoms with van der Waals surface area (Å²) in [6.07, 6.45) is 9.17. The van der Waals surface area contributed by atoms with Crippen molar-refractivity contribution in [3.05, 3.63) is 24.3 Å². The van der Waals surface area contributed by atoms with Gasteiger partial charge in [0, 0.05) is 30.9 Å². The Morgan fingerprint density at radius 1 is 1.27 bits per heavy atom. The average Bonchev–Trinajstić information content (AvgIpc) is 2.60. The van der Waals surface area contributed by atoms with Gasteiger partial charge < -0.3 is 14.6 Å². The van der Waals surface area contributed by atoms with Crippen LogP contribution in [0.2, 0.25) is 0 Å². The Hall–Kier alpha value is -1.46. The monoisotopic (exact) mass is 366 g/mol. The van der Waals surface area contributed by atoms with Crippen LogP contribution in [0.5, 0.6) is 0 Å². The molecule has 1 N–H and O–H groups in total. The van der Waals surface area contributed by atoms with Crippen LogP contribution in [-0.2, 0) is 19.1 Å². The highest BCUT2D eigenvalue weighted by atomic mass is 16.6. The van der Waals surface area contributed by atoms with Crippen molar-refractivity contribution in [3.63, 3.8) is 0 Å². The summed E-state index contributed by atoms with van der Waals surface area (Å²) in [5.74, 6) is -1.03. The molecule has 4 atom stereocenters. The predicted molar refractivity (Wildman–Crippen MR) is 102 cm³/mol. The van der Waals surface area contributed by atoms with E-state index in [0.29, 0.717) is 13.0 Å². The summed E-state index contributed by atoms with van der Waals surface area (Å²) in [7, 11) is 1.57. The van der Waals surface area contributed by atoms with Crippen molar-refractivity contribution in [2.75, 3.05) is 13.7 Å². The van der Waals surface area contributed by atoms with E-state index in [9.17, 15) is 14.7 Å². The molecule has 5 nitrogen and oxygen atoms in total. The lowest BCUT2D eigenvalue weighted by Gasteiger charge is -2.29. The van der Waals surface area contributed by atoms with Crippen LogP contribution in [0.3, 0.4) is 0 Å². The zero-order valence-corrected chi connectivity index (χ0v) is 16.7. The summed E-state index contributed by atoms with van der Waals surface area (Å²) in [4.78, 5) is 24.9. The summed E-state index contributed by atoms with van der Waals surface area (Å²) < 4.78 is 10.5. The van der Waals surface area contributed by atoms with Crippen LogP contribution in [0.4, 0.5) is 0 Å². The zero-order valence-electron chi connectivity index (χ0n) is 16.7. The van der Waals surface area contributed by atoms with Crippen LogP contribution < -0.4 is 0 Å². The van der Waals surface area contributed by atoms with E-state index in [1.807, 2.05) is 13.0 Å². The summed E-state index contributed by atoms with van der Waals surface area (Å²) in [6, 6.07) is 0. The molecule has 0 aromatic carbocycles. The molecule has 0 aromatic rings. The molecule has 148 valence electrons. The number of Topliss-reactive ketones (excluding diaryl/α,β-unsaturated/α-hetero) is 1. The number of ether oxygens (including phenoxy) is 2. The van der Waals surface area contributed by atoms with Crippen LogP contribution in [0, 0.1) is 17.3 Å². The number of hydrogen-bond acceptors (Lipinski definition) is 5. The number of carbonyl (C=O) groups excluding carboxylic acids is 2. The Bertz CT molecular complexity index is 520. The quantitative estimate of drug-likeness (QED) is 0.598. The van der Waals surface area contributed by atoms with Gasteiger partial charge in [-0.3, -0.25) is 4.79 Å². The second-order valence-electron chi connectivity index (χ2n) is 7.83. The third kappa shape index (κ3) is 7.04. The van der Waals surface area contributed by atoms with Crippen LogP contribution in [0.15, 0.2) is 24.3 Å². The number of methoxy groups -OCH3 is 1. The van der Waals surface area contributed by atoms with E-state index in [1.54, 1.807) is 34.0 Å². The third-order valence-electron chi connectivity index (χ3n) is 5.01. The van der Waals surface area contributed by atoms with Crippen molar-refractivity contribution in [1.29, 1.82) is 0 Å². The molecule has 1 aliphatic heterocycles. The number of cyclic esters (lactones) is 1. The lowest BCUT2D eigenvalue weighted by atomic mass is 9.76.